The third-order valence-electron chi connectivity index (χ3n) is 5.03. The summed E-state index contributed by atoms with van der Waals surface area (Å²) in [5.41, 5.74) is -0.554. The van der Waals surface area contributed by atoms with Gasteiger partial charge in [-0.1, -0.05) is 0 Å². The second kappa shape index (κ2) is 7.21. The predicted octanol–water partition coefficient (Wildman–Crippen LogP) is 1.08. The van der Waals surface area contributed by atoms with Crippen LogP contribution < -0.4 is 5.32 Å². The standard InChI is InChI=1S/C18H24N2O6S/c1-12-9-20(10-13(2)26-12)27(24,25)15-5-3-14(4-6-15)16(21)19-11-18(7-8-18)17(22)23/h3-6,12-13H,7-11H2,1-2H3,(H,19,21)(H,22,23). The topological polar surface area (TPSA) is 113 Å². The van der Waals surface area contributed by atoms with Gasteiger partial charge in [-0.15, -0.1) is 0 Å². The lowest BCUT2D eigenvalue weighted by molar-refractivity contribution is -0.143. The zero-order chi connectivity index (χ0) is 19.8. The Bertz CT molecular complexity index is 822. The van der Waals surface area contributed by atoms with Crippen molar-refractivity contribution in [3.8, 4) is 0 Å². The third kappa shape index (κ3) is 4.15. The molecule has 148 valence electrons. The molecule has 1 amide bonds. The number of carbonyl (C=O) groups excluding carboxylic acids is 1. The zero-order valence-corrected chi connectivity index (χ0v) is 16.2. The number of hydrogen-bond acceptors (Lipinski definition) is 5. The van der Waals surface area contributed by atoms with Crippen molar-refractivity contribution in [1.82, 2.24) is 9.62 Å². The Balaban J connectivity index is 1.67. The lowest BCUT2D eigenvalue weighted by atomic mass is 10.1. The van der Waals surface area contributed by atoms with Crippen LogP contribution in [0, 0.1) is 5.41 Å². The molecule has 8 nitrogen and oxygen atoms in total. The fraction of sp³-hybridized carbons (Fsp3) is 0.556. The van der Waals surface area contributed by atoms with Crippen molar-refractivity contribution in [3.05, 3.63) is 29.8 Å². The Kier molecular flexibility index (Phi) is 5.29. The fourth-order valence-electron chi connectivity index (χ4n) is 3.22. The quantitative estimate of drug-likeness (QED) is 0.744. The van der Waals surface area contributed by atoms with Gasteiger partial charge in [-0.25, -0.2) is 8.42 Å². The van der Waals surface area contributed by atoms with Gasteiger partial charge in [0.2, 0.25) is 10.0 Å². The number of amides is 1. The second-order valence-corrected chi connectivity index (χ2v) is 9.31. The fourth-order valence-corrected chi connectivity index (χ4v) is 4.81. The third-order valence-corrected chi connectivity index (χ3v) is 6.88. The van der Waals surface area contributed by atoms with Crippen LogP contribution in [0.4, 0.5) is 0 Å². The number of carboxylic acids is 1. The van der Waals surface area contributed by atoms with Gasteiger partial charge in [-0.3, -0.25) is 9.59 Å². The molecule has 1 aromatic rings. The molecular weight excluding hydrogens is 372 g/mol. The molecular formula is C18H24N2O6S. The lowest BCUT2D eigenvalue weighted by Crippen LogP contribution is -2.48. The molecule has 2 atom stereocenters. The van der Waals surface area contributed by atoms with Crippen molar-refractivity contribution < 1.29 is 27.9 Å². The molecule has 0 radical (unpaired) electrons. The van der Waals surface area contributed by atoms with Crippen molar-refractivity contribution >= 4 is 21.9 Å². The van der Waals surface area contributed by atoms with Crippen LogP contribution in [0.5, 0.6) is 0 Å². The summed E-state index contributed by atoms with van der Waals surface area (Å²) >= 11 is 0. The number of aliphatic carboxylic acids is 1. The van der Waals surface area contributed by atoms with E-state index in [0.717, 1.165) is 0 Å². The number of ether oxygens (including phenoxy) is 1. The Hall–Kier alpha value is -1.97. The predicted molar refractivity (Wildman–Crippen MR) is 96.8 cm³/mol. The van der Waals surface area contributed by atoms with Gasteiger partial charge >= 0.3 is 5.97 Å². The Labute approximate surface area is 158 Å². The lowest BCUT2D eigenvalue weighted by Gasteiger charge is -2.34. The van der Waals surface area contributed by atoms with Crippen LogP contribution in [0.1, 0.15) is 37.0 Å². The van der Waals surface area contributed by atoms with Crippen LogP contribution >= 0.6 is 0 Å². The molecule has 3 rings (SSSR count). The van der Waals surface area contributed by atoms with Gasteiger partial charge in [-0.2, -0.15) is 4.31 Å². The Morgan fingerprint density at radius 3 is 2.22 bits per heavy atom. The molecule has 2 N–H and O–H groups in total. The molecule has 2 fully saturated rings. The molecule has 0 aromatic heterocycles. The number of hydrogen-bond donors (Lipinski definition) is 2. The first-order valence-corrected chi connectivity index (χ1v) is 10.4. The minimum absolute atomic E-state index is 0.0742. The van der Waals surface area contributed by atoms with Crippen LogP contribution in [0.25, 0.3) is 0 Å². The van der Waals surface area contributed by atoms with E-state index in [-0.39, 0.29) is 36.7 Å². The van der Waals surface area contributed by atoms with Crippen LogP contribution in [-0.4, -0.2) is 61.5 Å². The summed E-state index contributed by atoms with van der Waals surface area (Å²) in [6, 6.07) is 5.68. The number of benzene rings is 1. The van der Waals surface area contributed by atoms with Crippen LogP contribution in [0.2, 0.25) is 0 Å². The molecule has 1 aliphatic heterocycles. The van der Waals surface area contributed by atoms with E-state index in [9.17, 15) is 18.0 Å². The summed E-state index contributed by atoms with van der Waals surface area (Å²) in [6.07, 6.45) is 0.738. The molecule has 1 saturated carbocycles. The largest absolute Gasteiger partial charge is 0.481 e. The van der Waals surface area contributed by atoms with E-state index in [0.29, 0.717) is 18.4 Å². The summed E-state index contributed by atoms with van der Waals surface area (Å²) in [6.45, 7) is 4.30. The van der Waals surface area contributed by atoms with E-state index in [4.69, 9.17) is 9.84 Å². The van der Waals surface area contributed by atoms with E-state index in [1.807, 2.05) is 13.8 Å². The van der Waals surface area contributed by atoms with Gasteiger partial charge in [-0.05, 0) is 51.0 Å². The molecule has 2 unspecified atom stereocenters. The number of sulfonamides is 1. The second-order valence-electron chi connectivity index (χ2n) is 7.37. The van der Waals surface area contributed by atoms with Gasteiger partial charge < -0.3 is 15.2 Å². The minimum atomic E-state index is -3.66. The maximum absolute atomic E-state index is 12.8. The van der Waals surface area contributed by atoms with E-state index in [1.54, 1.807) is 0 Å². The van der Waals surface area contributed by atoms with Crippen molar-refractivity contribution in [3.63, 3.8) is 0 Å². The molecule has 9 heteroatoms. The van der Waals surface area contributed by atoms with E-state index < -0.39 is 27.3 Å². The molecule has 0 bridgehead atoms. The monoisotopic (exact) mass is 396 g/mol. The smallest absolute Gasteiger partial charge is 0.311 e. The molecule has 0 spiro atoms. The van der Waals surface area contributed by atoms with E-state index in [1.165, 1.54) is 28.6 Å². The van der Waals surface area contributed by atoms with E-state index in [2.05, 4.69) is 5.32 Å². The average Bonchev–Trinajstić information content (AvgIpc) is 3.40. The SMILES string of the molecule is CC1CN(S(=O)(=O)c2ccc(C(=O)NCC3(C(=O)O)CC3)cc2)CC(C)O1. The summed E-state index contributed by atoms with van der Waals surface area (Å²) in [4.78, 5) is 23.5. The first-order valence-electron chi connectivity index (χ1n) is 8.91. The van der Waals surface area contributed by atoms with Gasteiger partial charge in [0, 0.05) is 25.2 Å². The average molecular weight is 396 g/mol. The Morgan fingerprint density at radius 1 is 1.19 bits per heavy atom. The minimum Gasteiger partial charge on any atom is -0.481 e. The summed E-state index contributed by atoms with van der Waals surface area (Å²) in [7, 11) is -3.66. The summed E-state index contributed by atoms with van der Waals surface area (Å²) in [5, 5.41) is 11.8. The number of rotatable bonds is 6. The summed E-state index contributed by atoms with van der Waals surface area (Å²) < 4.78 is 32.6. The van der Waals surface area contributed by atoms with Crippen molar-refractivity contribution in [1.29, 1.82) is 0 Å². The first kappa shape index (κ1) is 19.8. The molecule has 1 aromatic carbocycles. The normalized spacial score (nSPS) is 25.0. The molecule has 1 saturated heterocycles. The maximum atomic E-state index is 12.8. The van der Waals surface area contributed by atoms with Crippen molar-refractivity contribution in [2.24, 2.45) is 5.41 Å². The molecule has 2 aliphatic rings. The Morgan fingerprint density at radius 2 is 1.74 bits per heavy atom. The number of carboxylic acid groups (broad SMARTS) is 1. The number of morpholine rings is 1. The zero-order valence-electron chi connectivity index (χ0n) is 15.3. The van der Waals surface area contributed by atoms with Gasteiger partial charge in [0.05, 0.1) is 22.5 Å². The van der Waals surface area contributed by atoms with Gasteiger partial charge in [0.15, 0.2) is 0 Å². The maximum Gasteiger partial charge on any atom is 0.311 e. The number of nitrogens with zero attached hydrogens (tertiary/aromatic N) is 1. The number of carbonyl (C=O) groups is 2. The van der Waals surface area contributed by atoms with Crippen molar-refractivity contribution in [2.75, 3.05) is 19.6 Å². The van der Waals surface area contributed by atoms with Gasteiger partial charge in [0.25, 0.3) is 5.91 Å². The molecule has 1 heterocycles. The highest BCUT2D eigenvalue weighted by atomic mass is 32.2. The highest BCUT2D eigenvalue weighted by Crippen LogP contribution is 2.45. The van der Waals surface area contributed by atoms with Gasteiger partial charge in [0.1, 0.15) is 0 Å². The number of nitrogens with one attached hydrogen (secondary N) is 1. The van der Waals surface area contributed by atoms with Crippen LogP contribution in [0.15, 0.2) is 29.2 Å². The van der Waals surface area contributed by atoms with Crippen LogP contribution in [-0.2, 0) is 19.6 Å². The first-order chi connectivity index (χ1) is 12.6. The highest BCUT2D eigenvalue weighted by Gasteiger charge is 2.50. The highest BCUT2D eigenvalue weighted by molar-refractivity contribution is 7.89. The van der Waals surface area contributed by atoms with Crippen LogP contribution in [0.3, 0.4) is 0 Å². The molecule has 27 heavy (non-hydrogen) atoms. The molecule has 1 aliphatic carbocycles. The summed E-state index contributed by atoms with van der Waals surface area (Å²) in [5.74, 6) is -1.32. The van der Waals surface area contributed by atoms with Crippen molar-refractivity contribution in [2.45, 2.75) is 43.8 Å². The van der Waals surface area contributed by atoms with E-state index >= 15 is 0 Å².